The number of hydrogen-bond acceptors (Lipinski definition) is 5. The van der Waals surface area contributed by atoms with E-state index in [4.69, 9.17) is 9.08 Å². The monoisotopic (exact) mass is 403 g/mol. The zero-order valence-electron chi connectivity index (χ0n) is 14.9. The van der Waals surface area contributed by atoms with Crippen LogP contribution in [0.2, 0.25) is 0 Å². The van der Waals surface area contributed by atoms with E-state index in [1.807, 2.05) is 37.3 Å². The number of aromatic nitrogens is 2. The third-order valence-electron chi connectivity index (χ3n) is 3.96. The van der Waals surface area contributed by atoms with Crippen LogP contribution in [0.4, 0.5) is 16.4 Å². The highest BCUT2D eigenvalue weighted by Crippen LogP contribution is 2.14. The van der Waals surface area contributed by atoms with Crippen molar-refractivity contribution in [2.75, 3.05) is 10.6 Å². The molecule has 0 aliphatic rings. The van der Waals surface area contributed by atoms with Gasteiger partial charge < -0.3 is 5.32 Å². The Kier molecular flexibility index (Phi) is 5.71. The van der Waals surface area contributed by atoms with Crippen LogP contribution in [-0.2, 0) is 16.5 Å². The van der Waals surface area contributed by atoms with Crippen molar-refractivity contribution in [3.8, 4) is 0 Å². The molecule has 2 amide bonds. The molecule has 0 saturated carbocycles. The van der Waals surface area contributed by atoms with Crippen LogP contribution in [-0.4, -0.2) is 24.3 Å². The Balaban J connectivity index is 1.57. The first-order valence-electron chi connectivity index (χ1n) is 8.39. The number of urea groups is 1. The number of carbonyl (C=O) groups excluding carboxylic acids is 1. The first-order chi connectivity index (χ1) is 13.3. The van der Waals surface area contributed by atoms with Gasteiger partial charge in [-0.25, -0.2) is 4.79 Å². The van der Waals surface area contributed by atoms with E-state index in [9.17, 15) is 13.2 Å². The number of carbonyl (C=O) groups is 1. The number of hydrogen-bond donors (Lipinski definition) is 3. The molecule has 1 atom stereocenters. The summed E-state index contributed by atoms with van der Waals surface area (Å²) in [5.74, 6) is 0.159. The quantitative estimate of drug-likeness (QED) is 0.429. The summed E-state index contributed by atoms with van der Waals surface area (Å²) in [7, 11) is -4.28. The zero-order chi connectivity index (χ0) is 20.1. The van der Waals surface area contributed by atoms with Crippen molar-refractivity contribution in [3.05, 3.63) is 66.4 Å². The Hall–Kier alpha value is -3.24. The highest BCUT2D eigenvalue weighted by Gasteiger charge is 2.21. The first kappa shape index (κ1) is 19.5. The molecule has 3 N–H and O–H groups in total. The van der Waals surface area contributed by atoms with E-state index >= 15 is 0 Å². The van der Waals surface area contributed by atoms with Crippen LogP contribution in [0.15, 0.2) is 70.2 Å². The van der Waals surface area contributed by atoms with Gasteiger partial charge >= 0.3 is 11.9 Å². The lowest BCUT2D eigenvalue weighted by atomic mass is 10.1. The van der Waals surface area contributed by atoms with Crippen LogP contribution in [0.5, 0.6) is 0 Å². The molecule has 0 bridgehead atoms. The fraction of sp³-hybridized carbons (Fsp3) is 0.167. The minimum atomic E-state index is -4.28. The highest BCUT2D eigenvalue weighted by molar-refractivity contribution is 7.85. The van der Waals surface area contributed by atoms with E-state index < -0.39 is 16.1 Å². The third kappa shape index (κ3) is 5.15. The van der Waals surface area contributed by atoms with Crippen molar-refractivity contribution >= 4 is 27.7 Å². The average molecular weight is 403 g/mol. The van der Waals surface area contributed by atoms with Crippen LogP contribution in [0.25, 0.3) is 0 Å². The topological polar surface area (TPSA) is 125 Å². The molecule has 1 aromatic heterocycles. The normalized spacial score (nSPS) is 12.4. The number of anilines is 2. The van der Waals surface area contributed by atoms with Crippen LogP contribution < -0.4 is 15.3 Å². The molecule has 0 aliphatic carbocycles. The Labute approximate surface area is 161 Å². The summed E-state index contributed by atoms with van der Waals surface area (Å²) in [6.45, 7) is 1.98. The zero-order valence-corrected chi connectivity index (χ0v) is 15.8. The van der Waals surface area contributed by atoms with Crippen molar-refractivity contribution in [1.82, 2.24) is 5.27 Å². The summed E-state index contributed by atoms with van der Waals surface area (Å²) in [5, 5.41) is 8.95. The van der Waals surface area contributed by atoms with Gasteiger partial charge in [0.2, 0.25) is 5.27 Å². The molecule has 0 radical (unpaired) electrons. The lowest BCUT2D eigenvalue weighted by Crippen LogP contribution is -2.40. The molecule has 146 valence electrons. The molecular weight excluding hydrogens is 384 g/mol. The Bertz CT molecular complexity index is 1050. The third-order valence-corrected chi connectivity index (χ3v) is 4.82. The predicted octanol–water partition coefficient (Wildman–Crippen LogP) is 2.66. The number of rotatable bonds is 6. The molecule has 2 aromatic carbocycles. The fourth-order valence-electron chi connectivity index (χ4n) is 2.55. The Morgan fingerprint density at radius 3 is 2.46 bits per heavy atom. The average Bonchev–Trinajstić information content (AvgIpc) is 3.11. The summed E-state index contributed by atoms with van der Waals surface area (Å²) in [4.78, 5) is 11.8. The molecule has 9 nitrogen and oxygen atoms in total. The van der Waals surface area contributed by atoms with Crippen molar-refractivity contribution in [1.29, 1.82) is 0 Å². The maximum absolute atomic E-state index is 12.0. The lowest BCUT2D eigenvalue weighted by Gasteiger charge is -2.05. The largest absolute Gasteiger partial charge is 0.326 e. The minimum Gasteiger partial charge on any atom is -0.308 e. The lowest BCUT2D eigenvalue weighted by molar-refractivity contribution is -0.782. The Morgan fingerprint density at radius 2 is 1.82 bits per heavy atom. The number of amides is 2. The van der Waals surface area contributed by atoms with Crippen LogP contribution in [0, 0.1) is 0 Å². The molecule has 0 fully saturated rings. The van der Waals surface area contributed by atoms with E-state index in [1.165, 1.54) is 24.3 Å². The number of benzene rings is 2. The summed E-state index contributed by atoms with van der Waals surface area (Å²) < 4.78 is 37.7. The van der Waals surface area contributed by atoms with Crippen molar-refractivity contribution < 1.29 is 27.0 Å². The van der Waals surface area contributed by atoms with Crippen molar-refractivity contribution in [2.45, 2.75) is 24.3 Å². The molecule has 10 heteroatoms. The van der Waals surface area contributed by atoms with Gasteiger partial charge in [-0.3, -0.25) is 14.4 Å². The molecule has 0 saturated heterocycles. The van der Waals surface area contributed by atoms with E-state index in [2.05, 4.69) is 15.9 Å². The fourth-order valence-corrected chi connectivity index (χ4v) is 3.03. The van der Waals surface area contributed by atoms with Gasteiger partial charge in [-0.2, -0.15) is 8.42 Å². The van der Waals surface area contributed by atoms with Gasteiger partial charge in [0.05, 0.1) is 4.90 Å². The molecule has 0 spiro atoms. The van der Waals surface area contributed by atoms with Crippen LogP contribution >= 0.6 is 0 Å². The smallest absolute Gasteiger partial charge is 0.308 e. The van der Waals surface area contributed by atoms with Gasteiger partial charge in [-0.05, 0) is 34.5 Å². The molecule has 0 aliphatic heterocycles. The molecular formula is C18H19N4O5S+. The number of nitrogens with zero attached hydrogens (tertiary/aromatic N) is 2. The van der Waals surface area contributed by atoms with Crippen molar-refractivity contribution in [2.24, 2.45) is 0 Å². The SMILES string of the molecule is CC(Cc1ccccc1)[n+]1cc(NC(=O)Nc2ccc(S(=O)(=O)O)cc2)on1. The second-order valence-electron chi connectivity index (χ2n) is 6.16. The molecule has 3 rings (SSSR count). The number of nitrogens with one attached hydrogen (secondary N) is 2. The minimum absolute atomic E-state index is 0.0257. The van der Waals surface area contributed by atoms with E-state index in [-0.39, 0.29) is 16.8 Å². The van der Waals surface area contributed by atoms with Crippen molar-refractivity contribution in [3.63, 3.8) is 0 Å². The van der Waals surface area contributed by atoms with Gasteiger partial charge in [-0.1, -0.05) is 30.3 Å². The molecule has 28 heavy (non-hydrogen) atoms. The second-order valence-corrected chi connectivity index (χ2v) is 7.59. The molecule has 3 aromatic rings. The molecule has 1 unspecified atom stereocenters. The second kappa shape index (κ2) is 8.19. The highest BCUT2D eigenvalue weighted by atomic mass is 32.2. The van der Waals surface area contributed by atoms with Crippen LogP contribution in [0.1, 0.15) is 18.5 Å². The van der Waals surface area contributed by atoms with E-state index in [0.717, 1.165) is 12.0 Å². The van der Waals surface area contributed by atoms with E-state index in [1.54, 1.807) is 10.9 Å². The standard InChI is InChI=1S/C18H18N4O5S/c1-13(11-14-5-3-2-4-6-14)22-12-17(27-21-22)20-18(23)19-15-7-9-16(10-8-15)28(24,25)26/h2-10,12-13H,11H2,1H3,(H2-,19,20,21,23,24,25,26)/p+1. The van der Waals surface area contributed by atoms with Gasteiger partial charge in [-0.15, -0.1) is 0 Å². The summed E-state index contributed by atoms with van der Waals surface area (Å²) in [6, 6.07) is 14.4. The Morgan fingerprint density at radius 1 is 1.14 bits per heavy atom. The maximum Gasteiger partial charge on any atom is 0.326 e. The first-order valence-corrected chi connectivity index (χ1v) is 9.83. The predicted molar refractivity (Wildman–Crippen MR) is 100 cm³/mol. The maximum atomic E-state index is 12.0. The molecule has 1 heterocycles. The van der Waals surface area contributed by atoms with E-state index in [0.29, 0.717) is 5.69 Å². The van der Waals surface area contributed by atoms with Gasteiger partial charge in [0.15, 0.2) is 6.04 Å². The van der Waals surface area contributed by atoms with Gasteiger partial charge in [0.25, 0.3) is 16.3 Å². The van der Waals surface area contributed by atoms with Gasteiger partial charge in [0.1, 0.15) is 0 Å². The van der Waals surface area contributed by atoms with Gasteiger partial charge in [0, 0.05) is 19.0 Å². The summed E-state index contributed by atoms with van der Waals surface area (Å²) >= 11 is 0. The summed E-state index contributed by atoms with van der Waals surface area (Å²) in [5.41, 5.74) is 1.50. The van der Waals surface area contributed by atoms with Crippen LogP contribution in [0.3, 0.4) is 0 Å². The summed E-state index contributed by atoms with van der Waals surface area (Å²) in [6.07, 6.45) is 2.33.